The number of hydrogen-bond donors (Lipinski definition) is 1. The summed E-state index contributed by atoms with van der Waals surface area (Å²) in [6.45, 7) is 3.30. The first-order valence-electron chi connectivity index (χ1n) is 9.51. The Hall–Kier alpha value is -2.68. The van der Waals surface area contributed by atoms with Gasteiger partial charge in [-0.05, 0) is 54.2 Å². The third-order valence-corrected chi connectivity index (χ3v) is 4.27. The van der Waals surface area contributed by atoms with Gasteiger partial charge in [0.2, 0.25) is 0 Å². The monoisotopic (exact) mass is 415 g/mol. The Balaban J connectivity index is 1.85. The zero-order valence-electron chi connectivity index (χ0n) is 16.7. The largest absolute Gasteiger partial charge is 0.481 e. The van der Waals surface area contributed by atoms with E-state index in [0.29, 0.717) is 24.6 Å². The van der Waals surface area contributed by atoms with Gasteiger partial charge in [0.1, 0.15) is 11.9 Å². The van der Waals surface area contributed by atoms with Crippen LogP contribution in [0.4, 0.5) is 0 Å². The van der Waals surface area contributed by atoms with Gasteiger partial charge in [0.15, 0.2) is 12.7 Å². The molecule has 6 heteroatoms. The summed E-state index contributed by atoms with van der Waals surface area (Å²) in [6, 6.07) is 14.9. The predicted molar refractivity (Wildman–Crippen MR) is 114 cm³/mol. The van der Waals surface area contributed by atoms with Gasteiger partial charge in [-0.25, -0.2) is 0 Å². The van der Waals surface area contributed by atoms with Crippen LogP contribution in [0.3, 0.4) is 0 Å². The van der Waals surface area contributed by atoms with Crippen LogP contribution in [0.5, 0.6) is 5.75 Å². The summed E-state index contributed by atoms with van der Waals surface area (Å²) in [5.74, 6) is 3.31. The van der Waals surface area contributed by atoms with E-state index in [1.165, 1.54) is 7.11 Å². The maximum absolute atomic E-state index is 12.6. The van der Waals surface area contributed by atoms with Gasteiger partial charge in [0.25, 0.3) is 5.91 Å². The van der Waals surface area contributed by atoms with Crippen LogP contribution < -0.4 is 10.1 Å². The number of hydrogen-bond acceptors (Lipinski definition) is 4. The molecular formula is C23H26ClNO4. The zero-order valence-corrected chi connectivity index (χ0v) is 17.5. The lowest BCUT2D eigenvalue weighted by Gasteiger charge is -2.18. The summed E-state index contributed by atoms with van der Waals surface area (Å²) in [7, 11) is 1.51. The van der Waals surface area contributed by atoms with Crippen LogP contribution in [0, 0.1) is 12.0 Å². The minimum absolute atomic E-state index is 0.155. The van der Waals surface area contributed by atoms with Gasteiger partial charge < -0.3 is 19.5 Å². The molecule has 0 heterocycles. The SMILES string of the molecule is CCCOC(C(=O)NCCc1ccc(OCC#COC)cc1)c1ccc(Cl)cc1. The fraction of sp³-hybridized carbons (Fsp3) is 0.348. The number of benzene rings is 2. The number of ether oxygens (including phenoxy) is 3. The van der Waals surface area contributed by atoms with Crippen LogP contribution in [0.25, 0.3) is 0 Å². The minimum Gasteiger partial charge on any atom is -0.481 e. The number of carbonyl (C=O) groups excluding carboxylic acids is 1. The highest BCUT2D eigenvalue weighted by Crippen LogP contribution is 2.20. The van der Waals surface area contributed by atoms with Gasteiger partial charge in [-0.15, -0.1) is 0 Å². The van der Waals surface area contributed by atoms with Crippen LogP contribution >= 0.6 is 11.6 Å². The van der Waals surface area contributed by atoms with Crippen molar-refractivity contribution in [2.75, 3.05) is 26.9 Å². The van der Waals surface area contributed by atoms with Gasteiger partial charge >= 0.3 is 0 Å². The van der Waals surface area contributed by atoms with Gasteiger partial charge in [0, 0.05) is 18.2 Å². The summed E-state index contributed by atoms with van der Waals surface area (Å²) >= 11 is 5.94. The van der Waals surface area contributed by atoms with E-state index < -0.39 is 6.10 Å². The molecule has 29 heavy (non-hydrogen) atoms. The number of amides is 1. The molecule has 2 aromatic rings. The van der Waals surface area contributed by atoms with Gasteiger partial charge in [-0.3, -0.25) is 4.79 Å². The molecule has 1 atom stereocenters. The molecule has 5 nitrogen and oxygen atoms in total. The Kier molecular flexibility index (Phi) is 9.91. The molecule has 2 aromatic carbocycles. The summed E-state index contributed by atoms with van der Waals surface area (Å²) < 4.78 is 15.9. The van der Waals surface area contributed by atoms with E-state index in [1.807, 2.05) is 43.3 Å². The topological polar surface area (TPSA) is 56.8 Å². The fourth-order valence-corrected chi connectivity index (χ4v) is 2.72. The standard InChI is InChI=1S/C23H26ClNO4/c1-3-15-29-22(19-7-9-20(24)10-8-19)23(26)25-14-13-18-5-11-21(12-6-18)28-17-4-16-27-2/h5-12,22H,3,13-15,17H2,1-2H3,(H,25,26). The second-order valence-corrected chi connectivity index (χ2v) is 6.70. The second kappa shape index (κ2) is 12.7. The third kappa shape index (κ3) is 8.06. The average molecular weight is 416 g/mol. The molecule has 0 aromatic heterocycles. The molecule has 1 N–H and O–H groups in total. The van der Waals surface area contributed by atoms with Crippen molar-refractivity contribution < 1.29 is 19.0 Å². The first-order chi connectivity index (χ1) is 14.1. The molecule has 0 aliphatic carbocycles. The van der Waals surface area contributed by atoms with Crippen LogP contribution in [0.15, 0.2) is 48.5 Å². The van der Waals surface area contributed by atoms with Crippen molar-refractivity contribution in [1.82, 2.24) is 5.32 Å². The molecule has 0 radical (unpaired) electrons. The molecule has 0 fully saturated rings. The molecular weight excluding hydrogens is 390 g/mol. The number of carbonyl (C=O) groups is 1. The first-order valence-corrected chi connectivity index (χ1v) is 9.89. The predicted octanol–water partition coefficient (Wildman–Crippen LogP) is 4.15. The van der Waals surface area contributed by atoms with Crippen LogP contribution in [0.2, 0.25) is 5.02 Å². The number of methoxy groups -OCH3 is 1. The highest BCUT2D eigenvalue weighted by atomic mass is 35.5. The molecule has 2 rings (SSSR count). The molecule has 0 spiro atoms. The average Bonchev–Trinajstić information content (AvgIpc) is 2.74. The molecule has 0 saturated carbocycles. The highest BCUT2D eigenvalue weighted by Gasteiger charge is 2.20. The Morgan fingerprint density at radius 2 is 1.86 bits per heavy atom. The molecule has 0 bridgehead atoms. The molecule has 1 unspecified atom stereocenters. The number of halogens is 1. The molecule has 154 valence electrons. The van der Waals surface area contributed by atoms with Crippen molar-refractivity contribution in [2.24, 2.45) is 0 Å². The van der Waals surface area contributed by atoms with Crippen molar-refractivity contribution in [3.05, 3.63) is 64.7 Å². The van der Waals surface area contributed by atoms with E-state index in [2.05, 4.69) is 22.1 Å². The second-order valence-electron chi connectivity index (χ2n) is 6.26. The van der Waals surface area contributed by atoms with Crippen molar-refractivity contribution in [3.63, 3.8) is 0 Å². The fourth-order valence-electron chi connectivity index (χ4n) is 2.59. The summed E-state index contributed by atoms with van der Waals surface area (Å²) in [5, 5.41) is 3.58. The number of rotatable bonds is 10. The third-order valence-electron chi connectivity index (χ3n) is 4.02. The lowest BCUT2D eigenvalue weighted by Crippen LogP contribution is -2.32. The minimum atomic E-state index is -0.642. The Bertz CT molecular complexity index is 810. The van der Waals surface area contributed by atoms with Crippen molar-refractivity contribution in [2.45, 2.75) is 25.9 Å². The van der Waals surface area contributed by atoms with E-state index in [1.54, 1.807) is 12.1 Å². The Morgan fingerprint density at radius 3 is 2.52 bits per heavy atom. The van der Waals surface area contributed by atoms with E-state index in [-0.39, 0.29) is 12.5 Å². The zero-order chi connectivity index (χ0) is 20.9. The van der Waals surface area contributed by atoms with Crippen LogP contribution in [-0.4, -0.2) is 32.8 Å². The molecule has 0 aliphatic rings. The molecule has 1 amide bonds. The van der Waals surface area contributed by atoms with Crippen molar-refractivity contribution in [1.29, 1.82) is 0 Å². The maximum atomic E-state index is 12.6. The lowest BCUT2D eigenvalue weighted by molar-refractivity contribution is -0.133. The quantitative estimate of drug-likeness (QED) is 0.592. The normalized spacial score (nSPS) is 11.1. The lowest BCUT2D eigenvalue weighted by atomic mass is 10.1. The summed E-state index contributed by atoms with van der Waals surface area (Å²) in [6.07, 6.45) is 3.37. The van der Waals surface area contributed by atoms with E-state index >= 15 is 0 Å². The van der Waals surface area contributed by atoms with Gasteiger partial charge in [0.05, 0.1) is 7.11 Å². The van der Waals surface area contributed by atoms with Crippen molar-refractivity contribution in [3.8, 4) is 17.8 Å². The number of nitrogens with one attached hydrogen (secondary N) is 1. The Morgan fingerprint density at radius 1 is 1.14 bits per heavy atom. The molecule has 0 saturated heterocycles. The van der Waals surface area contributed by atoms with E-state index in [9.17, 15) is 4.79 Å². The van der Waals surface area contributed by atoms with Crippen molar-refractivity contribution >= 4 is 17.5 Å². The first kappa shape index (κ1) is 22.6. The van der Waals surface area contributed by atoms with Crippen LogP contribution in [-0.2, 0) is 20.7 Å². The van der Waals surface area contributed by atoms with Gasteiger partial charge in [-0.2, -0.15) is 0 Å². The smallest absolute Gasteiger partial charge is 0.253 e. The van der Waals surface area contributed by atoms with Crippen LogP contribution in [0.1, 0.15) is 30.6 Å². The molecule has 0 aliphatic heterocycles. The van der Waals surface area contributed by atoms with E-state index in [4.69, 9.17) is 21.1 Å². The van der Waals surface area contributed by atoms with Gasteiger partial charge in [-0.1, -0.05) is 42.8 Å². The maximum Gasteiger partial charge on any atom is 0.253 e. The summed E-state index contributed by atoms with van der Waals surface area (Å²) in [5.41, 5.74) is 1.89. The highest BCUT2D eigenvalue weighted by molar-refractivity contribution is 6.30. The van der Waals surface area contributed by atoms with E-state index in [0.717, 1.165) is 23.3 Å². The summed E-state index contributed by atoms with van der Waals surface area (Å²) in [4.78, 5) is 12.6. The Labute approximate surface area is 177 Å².